The van der Waals surface area contributed by atoms with Crippen molar-refractivity contribution in [2.45, 2.75) is 31.6 Å². The lowest BCUT2D eigenvalue weighted by molar-refractivity contribution is 0.230. The van der Waals surface area contributed by atoms with Gasteiger partial charge in [-0.2, -0.15) is 0 Å². The third-order valence-corrected chi connectivity index (χ3v) is 4.63. The Morgan fingerprint density at radius 2 is 1.78 bits per heavy atom. The van der Waals surface area contributed by atoms with Gasteiger partial charge in [0.15, 0.2) is 0 Å². The molecule has 2 aliphatic rings. The first-order chi connectivity index (χ1) is 8.78. The molecule has 1 aliphatic carbocycles. The van der Waals surface area contributed by atoms with E-state index in [1.165, 1.54) is 44.5 Å². The van der Waals surface area contributed by atoms with E-state index in [0.717, 1.165) is 13.1 Å². The first kappa shape index (κ1) is 12.2. The van der Waals surface area contributed by atoms with E-state index >= 15 is 0 Å². The normalized spacial score (nSPS) is 22.9. The summed E-state index contributed by atoms with van der Waals surface area (Å²) in [5.74, 6) is 0. The monoisotopic (exact) mass is 244 g/mol. The predicted octanol–water partition coefficient (Wildman–Crippen LogP) is 2.32. The van der Waals surface area contributed by atoms with E-state index in [2.05, 4.69) is 41.4 Å². The van der Waals surface area contributed by atoms with Gasteiger partial charge in [0, 0.05) is 26.2 Å². The molecule has 0 bridgehead atoms. The van der Waals surface area contributed by atoms with Crippen LogP contribution in [0.4, 0.5) is 0 Å². The first-order valence-electron chi connectivity index (χ1n) is 7.29. The highest BCUT2D eigenvalue weighted by atomic mass is 15.2. The lowest BCUT2D eigenvalue weighted by Gasteiger charge is -2.29. The summed E-state index contributed by atoms with van der Waals surface area (Å²) in [6, 6.07) is 9.22. The van der Waals surface area contributed by atoms with Gasteiger partial charge in [-0.3, -0.25) is 0 Å². The van der Waals surface area contributed by atoms with Crippen molar-refractivity contribution in [3.8, 4) is 0 Å². The van der Waals surface area contributed by atoms with Gasteiger partial charge in [-0.25, -0.2) is 0 Å². The summed E-state index contributed by atoms with van der Waals surface area (Å²) in [6.07, 6.45) is 4.13. The molecule has 0 unspecified atom stereocenters. The van der Waals surface area contributed by atoms with Gasteiger partial charge in [0.1, 0.15) is 0 Å². The molecular formula is C16H24N2. The summed E-state index contributed by atoms with van der Waals surface area (Å²) in [7, 11) is 0. The fourth-order valence-electron chi connectivity index (χ4n) is 3.05. The Morgan fingerprint density at radius 1 is 1.11 bits per heavy atom. The van der Waals surface area contributed by atoms with E-state index in [1.54, 1.807) is 5.56 Å². The van der Waals surface area contributed by atoms with Crippen LogP contribution in [0.3, 0.4) is 0 Å². The van der Waals surface area contributed by atoms with Crippen LogP contribution in [-0.2, 0) is 5.41 Å². The van der Waals surface area contributed by atoms with Crippen LogP contribution in [-0.4, -0.2) is 37.6 Å². The Bertz CT molecular complexity index is 386. The maximum Gasteiger partial charge on any atom is 0.0107 e. The minimum absolute atomic E-state index is 0.526. The number of benzene rings is 1. The molecule has 2 nitrogen and oxygen atoms in total. The predicted molar refractivity (Wildman–Crippen MR) is 76.0 cm³/mol. The van der Waals surface area contributed by atoms with Crippen molar-refractivity contribution in [2.24, 2.45) is 0 Å². The van der Waals surface area contributed by atoms with E-state index in [4.69, 9.17) is 0 Å². The zero-order chi connectivity index (χ0) is 12.4. The second kappa shape index (κ2) is 5.02. The largest absolute Gasteiger partial charge is 0.314 e. The molecule has 1 N–H and O–H groups in total. The minimum Gasteiger partial charge on any atom is -0.314 e. The van der Waals surface area contributed by atoms with Gasteiger partial charge < -0.3 is 10.2 Å². The highest BCUT2D eigenvalue weighted by molar-refractivity contribution is 5.33. The van der Waals surface area contributed by atoms with Gasteiger partial charge in [-0.15, -0.1) is 0 Å². The van der Waals surface area contributed by atoms with Crippen molar-refractivity contribution in [1.29, 1.82) is 0 Å². The minimum atomic E-state index is 0.526. The zero-order valence-corrected chi connectivity index (χ0v) is 11.4. The first-order valence-corrected chi connectivity index (χ1v) is 7.29. The summed E-state index contributed by atoms with van der Waals surface area (Å²) < 4.78 is 0. The lowest BCUT2D eigenvalue weighted by atomic mass is 9.91. The Balaban J connectivity index is 1.59. The highest BCUT2D eigenvalue weighted by Crippen LogP contribution is 2.51. The molecule has 0 radical (unpaired) electrons. The summed E-state index contributed by atoms with van der Waals surface area (Å²) in [5.41, 5.74) is 3.47. The van der Waals surface area contributed by atoms with E-state index < -0.39 is 0 Å². The second-order valence-electron chi connectivity index (χ2n) is 5.99. The molecule has 1 aromatic rings. The quantitative estimate of drug-likeness (QED) is 0.874. The average Bonchev–Trinajstić information content (AvgIpc) is 3.20. The Labute approximate surface area is 110 Å². The molecule has 0 spiro atoms. The smallest absolute Gasteiger partial charge is 0.0107 e. The molecule has 1 heterocycles. The molecule has 0 amide bonds. The Hall–Kier alpha value is -0.860. The number of nitrogens with one attached hydrogen (secondary N) is 1. The van der Waals surface area contributed by atoms with Crippen LogP contribution >= 0.6 is 0 Å². The zero-order valence-electron chi connectivity index (χ0n) is 11.4. The SMILES string of the molecule is Cc1ccc(C2(CCN3CCNCC3)CC2)cc1. The van der Waals surface area contributed by atoms with E-state index in [1.807, 2.05) is 0 Å². The van der Waals surface area contributed by atoms with Crippen LogP contribution in [0, 0.1) is 6.92 Å². The van der Waals surface area contributed by atoms with Crippen LogP contribution in [0.2, 0.25) is 0 Å². The summed E-state index contributed by atoms with van der Waals surface area (Å²) in [4.78, 5) is 2.62. The number of aryl methyl sites for hydroxylation is 1. The fraction of sp³-hybridized carbons (Fsp3) is 0.625. The van der Waals surface area contributed by atoms with Crippen molar-refractivity contribution in [2.75, 3.05) is 32.7 Å². The number of hydrogen-bond donors (Lipinski definition) is 1. The van der Waals surface area contributed by atoms with Crippen molar-refractivity contribution in [3.05, 3.63) is 35.4 Å². The standard InChI is InChI=1S/C16H24N2/c1-14-2-4-15(5-3-14)16(6-7-16)8-11-18-12-9-17-10-13-18/h2-5,17H,6-13H2,1H3. The molecule has 0 aromatic heterocycles. The number of hydrogen-bond acceptors (Lipinski definition) is 2. The van der Waals surface area contributed by atoms with Crippen LogP contribution in [0.15, 0.2) is 24.3 Å². The third kappa shape index (κ3) is 2.60. The molecule has 3 rings (SSSR count). The van der Waals surface area contributed by atoms with Crippen molar-refractivity contribution in [3.63, 3.8) is 0 Å². The van der Waals surface area contributed by atoms with E-state index in [9.17, 15) is 0 Å². The third-order valence-electron chi connectivity index (χ3n) is 4.63. The van der Waals surface area contributed by atoms with E-state index in [0.29, 0.717) is 5.41 Å². The molecule has 2 fully saturated rings. The maximum absolute atomic E-state index is 3.42. The maximum atomic E-state index is 3.42. The van der Waals surface area contributed by atoms with Crippen molar-refractivity contribution >= 4 is 0 Å². The molecule has 0 atom stereocenters. The van der Waals surface area contributed by atoms with Gasteiger partial charge >= 0.3 is 0 Å². The summed E-state index contributed by atoms with van der Waals surface area (Å²) >= 11 is 0. The van der Waals surface area contributed by atoms with E-state index in [-0.39, 0.29) is 0 Å². The molecule has 1 saturated carbocycles. The summed E-state index contributed by atoms with van der Waals surface area (Å²) in [6.45, 7) is 8.22. The van der Waals surface area contributed by atoms with Gasteiger partial charge in [-0.05, 0) is 43.7 Å². The Morgan fingerprint density at radius 3 is 2.39 bits per heavy atom. The lowest BCUT2D eigenvalue weighted by Crippen LogP contribution is -2.44. The van der Waals surface area contributed by atoms with Crippen LogP contribution < -0.4 is 5.32 Å². The molecule has 1 aliphatic heterocycles. The molecule has 18 heavy (non-hydrogen) atoms. The van der Waals surface area contributed by atoms with Crippen LogP contribution in [0.5, 0.6) is 0 Å². The fourth-order valence-corrected chi connectivity index (χ4v) is 3.05. The molecule has 1 saturated heterocycles. The Kier molecular flexibility index (Phi) is 3.40. The summed E-state index contributed by atoms with van der Waals surface area (Å²) in [5, 5.41) is 3.42. The number of rotatable bonds is 4. The van der Waals surface area contributed by atoms with Crippen LogP contribution in [0.25, 0.3) is 0 Å². The average molecular weight is 244 g/mol. The van der Waals surface area contributed by atoms with Crippen LogP contribution in [0.1, 0.15) is 30.4 Å². The number of piperazine rings is 1. The highest BCUT2D eigenvalue weighted by Gasteiger charge is 2.43. The molecular weight excluding hydrogens is 220 g/mol. The van der Waals surface area contributed by atoms with Crippen molar-refractivity contribution in [1.82, 2.24) is 10.2 Å². The molecule has 98 valence electrons. The number of nitrogens with zero attached hydrogens (tertiary/aromatic N) is 1. The molecule has 1 aromatic carbocycles. The second-order valence-corrected chi connectivity index (χ2v) is 5.99. The van der Waals surface area contributed by atoms with Gasteiger partial charge in [0.25, 0.3) is 0 Å². The van der Waals surface area contributed by atoms with Gasteiger partial charge in [0.05, 0.1) is 0 Å². The van der Waals surface area contributed by atoms with Gasteiger partial charge in [0.2, 0.25) is 0 Å². The molecule has 2 heteroatoms. The topological polar surface area (TPSA) is 15.3 Å². The van der Waals surface area contributed by atoms with Crippen molar-refractivity contribution < 1.29 is 0 Å². The van der Waals surface area contributed by atoms with Gasteiger partial charge in [-0.1, -0.05) is 29.8 Å².